The summed E-state index contributed by atoms with van der Waals surface area (Å²) in [5, 5.41) is 4.63. The molecule has 0 bridgehead atoms. The number of hydrogen-bond donors (Lipinski definition) is 1. The minimum Gasteiger partial charge on any atom is -0.392 e. The molecule has 0 radical (unpaired) electrons. The van der Waals surface area contributed by atoms with E-state index in [1.165, 1.54) is 37.1 Å². The predicted molar refractivity (Wildman–Crippen MR) is 86.7 cm³/mol. The van der Waals surface area contributed by atoms with Crippen molar-refractivity contribution >= 4 is 17.2 Å². The van der Waals surface area contributed by atoms with E-state index in [0.717, 1.165) is 26.1 Å². The van der Waals surface area contributed by atoms with Crippen LogP contribution in [0.5, 0.6) is 0 Å². The van der Waals surface area contributed by atoms with Gasteiger partial charge in [-0.05, 0) is 32.3 Å². The largest absolute Gasteiger partial charge is 0.392 e. The topological polar surface area (TPSA) is 47.1 Å². The molecule has 1 aliphatic rings. The lowest BCUT2D eigenvalue weighted by molar-refractivity contribution is 0.212. The van der Waals surface area contributed by atoms with Crippen molar-refractivity contribution in [2.24, 2.45) is 5.73 Å². The molecule has 1 aromatic heterocycles. The van der Waals surface area contributed by atoms with E-state index in [4.69, 9.17) is 18.0 Å². The first-order chi connectivity index (χ1) is 9.63. The molecule has 0 saturated heterocycles. The summed E-state index contributed by atoms with van der Waals surface area (Å²) >= 11 is 5.13. The minimum atomic E-state index is 0.593. The van der Waals surface area contributed by atoms with Gasteiger partial charge in [-0.3, -0.25) is 9.58 Å². The van der Waals surface area contributed by atoms with Crippen LogP contribution in [0, 0.1) is 0 Å². The Bertz CT molecular complexity index is 449. The number of thiocarbonyl (C=S) groups is 1. The van der Waals surface area contributed by atoms with Gasteiger partial charge in [0.2, 0.25) is 0 Å². The molecule has 4 nitrogen and oxygen atoms in total. The number of nitrogens with two attached hydrogens (primary N) is 1. The Labute approximate surface area is 127 Å². The van der Waals surface area contributed by atoms with Gasteiger partial charge in [-0.2, -0.15) is 5.10 Å². The molecule has 1 aromatic rings. The number of nitrogens with zero attached hydrogens (tertiary/aromatic N) is 3. The second-order valence-electron chi connectivity index (χ2n) is 5.61. The SMILES string of the molecule is CCc1cc(CN(CC(N)=S)C2CCCC2)n(CC)n1. The van der Waals surface area contributed by atoms with Crippen molar-refractivity contribution in [2.45, 2.75) is 65.1 Å². The van der Waals surface area contributed by atoms with Crippen LogP contribution >= 0.6 is 12.2 Å². The minimum absolute atomic E-state index is 0.593. The second-order valence-corrected chi connectivity index (χ2v) is 6.13. The van der Waals surface area contributed by atoms with Crippen LogP contribution in [0.2, 0.25) is 0 Å². The Morgan fingerprint density at radius 2 is 2.15 bits per heavy atom. The number of hydrogen-bond acceptors (Lipinski definition) is 3. The van der Waals surface area contributed by atoms with Gasteiger partial charge in [-0.1, -0.05) is 32.0 Å². The Morgan fingerprint density at radius 3 is 2.70 bits per heavy atom. The predicted octanol–water partition coefficient (Wildman–Crippen LogP) is 2.50. The van der Waals surface area contributed by atoms with Crippen molar-refractivity contribution in [1.29, 1.82) is 0 Å². The van der Waals surface area contributed by atoms with Crippen LogP contribution in [0.1, 0.15) is 50.9 Å². The van der Waals surface area contributed by atoms with Crippen LogP contribution < -0.4 is 5.73 Å². The summed E-state index contributed by atoms with van der Waals surface area (Å²) < 4.78 is 2.11. The van der Waals surface area contributed by atoms with E-state index in [1.807, 2.05) is 0 Å². The summed E-state index contributed by atoms with van der Waals surface area (Å²) in [6, 6.07) is 2.85. The molecule has 5 heteroatoms. The summed E-state index contributed by atoms with van der Waals surface area (Å²) in [5.41, 5.74) is 8.24. The third-order valence-electron chi connectivity index (χ3n) is 4.14. The molecule has 112 valence electrons. The molecule has 0 spiro atoms. The van der Waals surface area contributed by atoms with E-state index >= 15 is 0 Å². The first-order valence-corrected chi connectivity index (χ1v) is 8.12. The van der Waals surface area contributed by atoms with E-state index in [9.17, 15) is 0 Å². The van der Waals surface area contributed by atoms with Crippen molar-refractivity contribution in [3.63, 3.8) is 0 Å². The number of rotatable bonds is 7. The lowest BCUT2D eigenvalue weighted by atomic mass is 10.2. The Morgan fingerprint density at radius 1 is 1.45 bits per heavy atom. The molecule has 2 N–H and O–H groups in total. The van der Waals surface area contributed by atoms with Gasteiger partial charge in [0, 0.05) is 25.7 Å². The first-order valence-electron chi connectivity index (χ1n) is 7.72. The van der Waals surface area contributed by atoms with E-state index in [0.29, 0.717) is 11.0 Å². The van der Waals surface area contributed by atoms with Crippen LogP contribution in [0.25, 0.3) is 0 Å². The summed E-state index contributed by atoms with van der Waals surface area (Å²) in [6.45, 7) is 6.83. The van der Waals surface area contributed by atoms with Gasteiger partial charge in [0.1, 0.15) is 0 Å². The zero-order valence-corrected chi connectivity index (χ0v) is 13.5. The van der Waals surface area contributed by atoms with Crippen LogP contribution in [0.4, 0.5) is 0 Å². The average molecular weight is 294 g/mol. The van der Waals surface area contributed by atoms with E-state index < -0.39 is 0 Å². The van der Waals surface area contributed by atoms with Crippen LogP contribution in [0.15, 0.2) is 6.07 Å². The quantitative estimate of drug-likeness (QED) is 0.785. The molecule has 0 amide bonds. The zero-order valence-electron chi connectivity index (χ0n) is 12.6. The van der Waals surface area contributed by atoms with Crippen LogP contribution in [-0.2, 0) is 19.5 Å². The molecule has 2 rings (SSSR count). The fourth-order valence-electron chi connectivity index (χ4n) is 3.08. The maximum atomic E-state index is 5.78. The second kappa shape index (κ2) is 7.18. The maximum absolute atomic E-state index is 5.78. The van der Waals surface area contributed by atoms with Gasteiger partial charge in [0.25, 0.3) is 0 Å². The molecule has 0 unspecified atom stereocenters. The van der Waals surface area contributed by atoms with Gasteiger partial charge < -0.3 is 5.73 Å². The van der Waals surface area contributed by atoms with Crippen molar-refractivity contribution < 1.29 is 0 Å². The van der Waals surface area contributed by atoms with Gasteiger partial charge in [0.15, 0.2) is 0 Å². The fourth-order valence-corrected chi connectivity index (χ4v) is 3.25. The van der Waals surface area contributed by atoms with Crippen LogP contribution in [-0.4, -0.2) is 32.3 Å². The van der Waals surface area contributed by atoms with E-state index in [1.54, 1.807) is 0 Å². The lowest BCUT2D eigenvalue weighted by Gasteiger charge is -2.28. The molecular formula is C15H26N4S. The third kappa shape index (κ3) is 3.79. The van der Waals surface area contributed by atoms with Gasteiger partial charge >= 0.3 is 0 Å². The van der Waals surface area contributed by atoms with Crippen LogP contribution in [0.3, 0.4) is 0 Å². The molecular weight excluding hydrogens is 268 g/mol. The summed E-state index contributed by atoms with van der Waals surface area (Å²) in [5.74, 6) is 0. The van der Waals surface area contributed by atoms with Crippen molar-refractivity contribution in [3.05, 3.63) is 17.5 Å². The molecule has 0 atom stereocenters. The molecule has 1 fully saturated rings. The first kappa shape index (κ1) is 15.4. The Balaban J connectivity index is 2.13. The monoisotopic (exact) mass is 294 g/mol. The van der Waals surface area contributed by atoms with Gasteiger partial charge in [0.05, 0.1) is 16.4 Å². The Hall–Kier alpha value is -0.940. The third-order valence-corrected chi connectivity index (χ3v) is 4.27. The fraction of sp³-hybridized carbons (Fsp3) is 0.733. The van der Waals surface area contributed by atoms with E-state index in [2.05, 4.69) is 34.6 Å². The Kier molecular flexibility index (Phi) is 5.54. The van der Waals surface area contributed by atoms with E-state index in [-0.39, 0.29) is 0 Å². The number of aromatic nitrogens is 2. The summed E-state index contributed by atoms with van der Waals surface area (Å²) in [6.07, 6.45) is 6.17. The molecule has 20 heavy (non-hydrogen) atoms. The zero-order chi connectivity index (χ0) is 14.5. The average Bonchev–Trinajstić information content (AvgIpc) is 3.06. The molecule has 1 heterocycles. The molecule has 1 saturated carbocycles. The molecule has 0 aromatic carbocycles. The normalized spacial score (nSPS) is 16.1. The standard InChI is InChI=1S/C15H26N4S/c1-3-12-9-14(19(4-2)17-12)10-18(11-15(16)20)13-7-5-6-8-13/h9,13H,3-8,10-11H2,1-2H3,(H2,16,20). The summed E-state index contributed by atoms with van der Waals surface area (Å²) in [4.78, 5) is 3.04. The molecule has 1 aliphatic carbocycles. The number of aryl methyl sites for hydroxylation is 2. The van der Waals surface area contributed by atoms with Gasteiger partial charge in [-0.15, -0.1) is 0 Å². The highest BCUT2D eigenvalue weighted by Crippen LogP contribution is 2.25. The summed E-state index contributed by atoms with van der Waals surface area (Å²) in [7, 11) is 0. The van der Waals surface area contributed by atoms with Crippen molar-refractivity contribution in [2.75, 3.05) is 6.54 Å². The lowest BCUT2D eigenvalue weighted by Crippen LogP contribution is -2.39. The smallest absolute Gasteiger partial charge is 0.0870 e. The van der Waals surface area contributed by atoms with Gasteiger partial charge in [-0.25, -0.2) is 0 Å². The highest BCUT2D eigenvalue weighted by atomic mass is 32.1. The maximum Gasteiger partial charge on any atom is 0.0870 e. The van der Waals surface area contributed by atoms with Crippen molar-refractivity contribution in [3.8, 4) is 0 Å². The molecule has 0 aliphatic heterocycles. The van der Waals surface area contributed by atoms with Crippen molar-refractivity contribution in [1.82, 2.24) is 14.7 Å². The highest BCUT2D eigenvalue weighted by Gasteiger charge is 2.24. The highest BCUT2D eigenvalue weighted by molar-refractivity contribution is 7.80.